The third-order valence-electron chi connectivity index (χ3n) is 3.53. The summed E-state index contributed by atoms with van der Waals surface area (Å²) in [6, 6.07) is 0. The van der Waals surface area contributed by atoms with Crippen LogP contribution in [0.1, 0.15) is 46.5 Å². The second kappa shape index (κ2) is 8.48. The van der Waals surface area contributed by atoms with Crippen molar-refractivity contribution in [2.45, 2.75) is 52.7 Å². The number of amides is 1. The van der Waals surface area contributed by atoms with Gasteiger partial charge in [0.05, 0.1) is 6.54 Å². The molecule has 4 nitrogen and oxygen atoms in total. The SMILES string of the molecule is CCOC(CNC(=O)C1CCC(C)CC1)OCC. The van der Waals surface area contributed by atoms with Crippen LogP contribution in [0, 0.1) is 11.8 Å². The summed E-state index contributed by atoms with van der Waals surface area (Å²) >= 11 is 0. The second-order valence-corrected chi connectivity index (χ2v) is 5.04. The van der Waals surface area contributed by atoms with Gasteiger partial charge in [-0.1, -0.05) is 6.92 Å². The lowest BCUT2D eigenvalue weighted by atomic mass is 9.82. The molecular weight excluding hydrogens is 230 g/mol. The zero-order valence-corrected chi connectivity index (χ0v) is 11.9. The quantitative estimate of drug-likeness (QED) is 0.712. The molecule has 0 heterocycles. The van der Waals surface area contributed by atoms with Crippen LogP contribution in [0.5, 0.6) is 0 Å². The molecule has 18 heavy (non-hydrogen) atoms. The highest BCUT2D eigenvalue weighted by Gasteiger charge is 2.24. The van der Waals surface area contributed by atoms with E-state index in [9.17, 15) is 4.79 Å². The van der Waals surface area contributed by atoms with Crippen LogP contribution >= 0.6 is 0 Å². The first-order valence-electron chi connectivity index (χ1n) is 7.18. The normalized spacial score (nSPS) is 24.2. The van der Waals surface area contributed by atoms with Crippen LogP contribution in [0.3, 0.4) is 0 Å². The van der Waals surface area contributed by atoms with Gasteiger partial charge in [-0.05, 0) is 45.4 Å². The average Bonchev–Trinajstić information content (AvgIpc) is 2.37. The van der Waals surface area contributed by atoms with Crippen molar-refractivity contribution in [2.75, 3.05) is 19.8 Å². The molecule has 1 aliphatic rings. The van der Waals surface area contributed by atoms with Crippen LogP contribution < -0.4 is 5.32 Å². The van der Waals surface area contributed by atoms with Gasteiger partial charge in [0.25, 0.3) is 0 Å². The van der Waals surface area contributed by atoms with Crippen LogP contribution in [0.25, 0.3) is 0 Å². The number of hydrogen-bond donors (Lipinski definition) is 1. The Kier molecular flexibility index (Phi) is 7.28. The summed E-state index contributed by atoms with van der Waals surface area (Å²) in [5.74, 6) is 1.12. The molecule has 106 valence electrons. The Hall–Kier alpha value is -0.610. The molecule has 1 rings (SSSR count). The van der Waals surface area contributed by atoms with Crippen LogP contribution in [0.15, 0.2) is 0 Å². The second-order valence-electron chi connectivity index (χ2n) is 5.04. The molecule has 1 amide bonds. The molecule has 0 aromatic carbocycles. The van der Waals surface area contributed by atoms with Gasteiger partial charge >= 0.3 is 0 Å². The van der Waals surface area contributed by atoms with Crippen molar-refractivity contribution < 1.29 is 14.3 Å². The predicted molar refractivity (Wildman–Crippen MR) is 71.2 cm³/mol. The van der Waals surface area contributed by atoms with E-state index in [-0.39, 0.29) is 18.1 Å². The third-order valence-corrected chi connectivity index (χ3v) is 3.53. The van der Waals surface area contributed by atoms with Crippen molar-refractivity contribution in [2.24, 2.45) is 11.8 Å². The number of ether oxygens (including phenoxy) is 2. The van der Waals surface area contributed by atoms with E-state index in [2.05, 4.69) is 12.2 Å². The molecule has 1 saturated carbocycles. The minimum absolute atomic E-state index is 0.159. The van der Waals surface area contributed by atoms with Gasteiger partial charge in [0.1, 0.15) is 0 Å². The Morgan fingerprint density at radius 2 is 1.72 bits per heavy atom. The van der Waals surface area contributed by atoms with Gasteiger partial charge in [-0.2, -0.15) is 0 Å². The zero-order valence-electron chi connectivity index (χ0n) is 11.9. The third kappa shape index (κ3) is 5.36. The van der Waals surface area contributed by atoms with Crippen LogP contribution in [-0.4, -0.2) is 32.0 Å². The minimum Gasteiger partial charge on any atom is -0.351 e. The zero-order chi connectivity index (χ0) is 13.4. The minimum atomic E-state index is -0.313. The molecule has 0 atom stereocenters. The number of carbonyl (C=O) groups is 1. The Balaban J connectivity index is 2.26. The van der Waals surface area contributed by atoms with Gasteiger partial charge in [0.15, 0.2) is 6.29 Å². The highest BCUT2D eigenvalue weighted by atomic mass is 16.7. The van der Waals surface area contributed by atoms with E-state index in [1.165, 1.54) is 12.8 Å². The smallest absolute Gasteiger partial charge is 0.223 e. The monoisotopic (exact) mass is 257 g/mol. The van der Waals surface area contributed by atoms with E-state index in [4.69, 9.17) is 9.47 Å². The van der Waals surface area contributed by atoms with E-state index < -0.39 is 0 Å². The van der Waals surface area contributed by atoms with Gasteiger partial charge in [-0.3, -0.25) is 4.79 Å². The van der Waals surface area contributed by atoms with Crippen LogP contribution in [0.2, 0.25) is 0 Å². The standard InChI is InChI=1S/C14H27NO3/c1-4-17-13(18-5-2)10-15-14(16)12-8-6-11(3)7-9-12/h11-13H,4-10H2,1-3H3,(H,15,16). The summed E-state index contributed by atoms with van der Waals surface area (Å²) < 4.78 is 10.8. The van der Waals surface area contributed by atoms with Crippen LogP contribution in [-0.2, 0) is 14.3 Å². The highest BCUT2D eigenvalue weighted by Crippen LogP contribution is 2.28. The maximum absolute atomic E-state index is 12.0. The van der Waals surface area contributed by atoms with Gasteiger partial charge in [0, 0.05) is 19.1 Å². The molecule has 1 fully saturated rings. The summed E-state index contributed by atoms with van der Waals surface area (Å²) in [5, 5.41) is 2.95. The number of nitrogens with one attached hydrogen (secondary N) is 1. The number of carbonyl (C=O) groups excluding carboxylic acids is 1. The summed E-state index contributed by atoms with van der Waals surface area (Å²) in [5.41, 5.74) is 0. The topological polar surface area (TPSA) is 47.6 Å². The molecule has 4 heteroatoms. The van der Waals surface area contributed by atoms with Crippen molar-refractivity contribution in [1.29, 1.82) is 0 Å². The van der Waals surface area contributed by atoms with Crippen molar-refractivity contribution in [3.8, 4) is 0 Å². The van der Waals surface area contributed by atoms with E-state index in [1.807, 2.05) is 13.8 Å². The van der Waals surface area contributed by atoms with E-state index in [0.717, 1.165) is 18.8 Å². The van der Waals surface area contributed by atoms with Gasteiger partial charge in [0.2, 0.25) is 5.91 Å². The molecular formula is C14H27NO3. The van der Waals surface area contributed by atoms with Gasteiger partial charge < -0.3 is 14.8 Å². The fourth-order valence-electron chi connectivity index (χ4n) is 2.39. The molecule has 1 aliphatic carbocycles. The number of rotatable bonds is 7. The molecule has 0 aromatic rings. The maximum Gasteiger partial charge on any atom is 0.223 e. The Morgan fingerprint density at radius 3 is 2.22 bits per heavy atom. The summed E-state index contributed by atoms with van der Waals surface area (Å²) in [6.45, 7) is 7.76. The molecule has 0 bridgehead atoms. The Morgan fingerprint density at radius 1 is 1.17 bits per heavy atom. The van der Waals surface area contributed by atoms with Gasteiger partial charge in [-0.25, -0.2) is 0 Å². The fraction of sp³-hybridized carbons (Fsp3) is 0.929. The molecule has 0 unspecified atom stereocenters. The number of hydrogen-bond acceptors (Lipinski definition) is 3. The van der Waals surface area contributed by atoms with Crippen molar-refractivity contribution in [1.82, 2.24) is 5.32 Å². The average molecular weight is 257 g/mol. The predicted octanol–water partition coefficient (Wildman–Crippen LogP) is 2.33. The molecule has 0 saturated heterocycles. The van der Waals surface area contributed by atoms with Crippen molar-refractivity contribution >= 4 is 5.91 Å². The van der Waals surface area contributed by atoms with Gasteiger partial charge in [-0.15, -0.1) is 0 Å². The van der Waals surface area contributed by atoms with E-state index in [0.29, 0.717) is 19.8 Å². The molecule has 0 aromatic heterocycles. The first-order chi connectivity index (χ1) is 8.67. The Labute approximate surface area is 110 Å². The largest absolute Gasteiger partial charge is 0.351 e. The fourth-order valence-corrected chi connectivity index (χ4v) is 2.39. The lowest BCUT2D eigenvalue weighted by molar-refractivity contribution is -0.142. The highest BCUT2D eigenvalue weighted by molar-refractivity contribution is 5.78. The summed E-state index contributed by atoms with van der Waals surface area (Å²) in [4.78, 5) is 12.0. The van der Waals surface area contributed by atoms with E-state index >= 15 is 0 Å². The maximum atomic E-state index is 12.0. The summed E-state index contributed by atoms with van der Waals surface area (Å²) in [6.07, 6.45) is 4.05. The first-order valence-corrected chi connectivity index (χ1v) is 7.18. The lowest BCUT2D eigenvalue weighted by Gasteiger charge is -2.26. The van der Waals surface area contributed by atoms with Crippen molar-refractivity contribution in [3.05, 3.63) is 0 Å². The summed E-state index contributed by atoms with van der Waals surface area (Å²) in [7, 11) is 0. The molecule has 0 radical (unpaired) electrons. The molecule has 0 aliphatic heterocycles. The first kappa shape index (κ1) is 15.4. The Bertz CT molecular complexity index is 231. The molecule has 0 spiro atoms. The lowest BCUT2D eigenvalue weighted by Crippen LogP contribution is -2.39. The van der Waals surface area contributed by atoms with E-state index in [1.54, 1.807) is 0 Å². The molecule has 1 N–H and O–H groups in total. The van der Waals surface area contributed by atoms with Crippen molar-refractivity contribution in [3.63, 3.8) is 0 Å². The van der Waals surface area contributed by atoms with Crippen LogP contribution in [0.4, 0.5) is 0 Å².